The number of likely N-dealkylation sites (N-methyl/N-ethyl adjacent to an activating group) is 2. The Morgan fingerprint density at radius 2 is 1.87 bits per heavy atom. The van der Waals surface area contributed by atoms with Crippen molar-refractivity contribution in [1.29, 1.82) is 0 Å². The van der Waals surface area contributed by atoms with Crippen molar-refractivity contribution in [3.05, 3.63) is 64.2 Å². The summed E-state index contributed by atoms with van der Waals surface area (Å²) in [7, 11) is 1.54. The van der Waals surface area contributed by atoms with Crippen molar-refractivity contribution in [2.45, 2.75) is 57.0 Å². The van der Waals surface area contributed by atoms with Crippen LogP contribution in [-0.4, -0.2) is 63.6 Å². The number of Topliss-reactive ketones (excluding diaryl/α,β-unsaturated/α-hetero) is 1. The zero-order valence-corrected chi connectivity index (χ0v) is 21.2. The minimum absolute atomic E-state index is 0.0198. The average Bonchev–Trinajstić information content (AvgIpc) is 3.37. The second-order valence-corrected chi connectivity index (χ2v) is 10.3. The molecular weight excluding hydrogens is 501 g/mol. The first-order valence-electron chi connectivity index (χ1n) is 12.5. The number of piperidine rings is 1. The Morgan fingerprint density at radius 3 is 2.53 bits per heavy atom. The van der Waals surface area contributed by atoms with Crippen LogP contribution in [-0.2, 0) is 22.4 Å². The summed E-state index contributed by atoms with van der Waals surface area (Å²) in [4.78, 5) is 58.2. The van der Waals surface area contributed by atoms with Gasteiger partial charge in [0.25, 0.3) is 5.91 Å². The van der Waals surface area contributed by atoms with Crippen molar-refractivity contribution < 1.29 is 32.3 Å². The number of hydrogen-bond donors (Lipinski definition) is 1. The Balaban J connectivity index is 1.39. The van der Waals surface area contributed by atoms with Gasteiger partial charge < -0.3 is 9.80 Å². The molecule has 0 saturated carbocycles. The smallest absolute Gasteiger partial charge is 0.324 e. The van der Waals surface area contributed by atoms with E-state index in [0.29, 0.717) is 11.3 Å². The van der Waals surface area contributed by atoms with E-state index in [0.717, 1.165) is 12.1 Å². The maximum Gasteiger partial charge on any atom is 0.324 e. The standard InChI is InChI=1S/C27H27F3N4O4/c1-4-34-13(2)17(22-18(28)5-6-19(29)23(22)30)8-14(24(34)36)9-21(35)16-7-15-10-27(11-20(15)31-12-16)25(37)32-26(38)33(27)3/h5-7,12-14,17H,4,8-11H2,1-3H3,(H,32,37,38)/t13-,14-,17-,27-/m1/s1. The summed E-state index contributed by atoms with van der Waals surface area (Å²) in [5.74, 6) is -6.17. The fourth-order valence-electron chi connectivity index (χ4n) is 6.15. The van der Waals surface area contributed by atoms with Crippen molar-refractivity contribution in [3.63, 3.8) is 0 Å². The van der Waals surface area contributed by atoms with Crippen molar-refractivity contribution >= 4 is 23.6 Å². The SMILES string of the molecule is CCN1C(=O)[C@@H](CC(=O)c2cnc3c(c2)C[C@@]2(C3)C(=O)NC(=O)N2C)C[C@@H](c2c(F)ccc(F)c2F)[C@H]1C. The normalized spacial score (nSPS) is 26.8. The summed E-state index contributed by atoms with van der Waals surface area (Å²) < 4.78 is 43.3. The number of nitrogens with one attached hydrogen (secondary N) is 1. The molecule has 8 nitrogen and oxygen atoms in total. The van der Waals surface area contributed by atoms with Gasteiger partial charge in [0.2, 0.25) is 5.91 Å². The largest absolute Gasteiger partial charge is 0.339 e. The molecule has 1 aliphatic carbocycles. The van der Waals surface area contributed by atoms with E-state index in [1.807, 2.05) is 0 Å². The Hall–Kier alpha value is -3.76. The first kappa shape index (κ1) is 25.9. The van der Waals surface area contributed by atoms with Gasteiger partial charge in [-0.3, -0.25) is 24.7 Å². The summed E-state index contributed by atoms with van der Waals surface area (Å²) >= 11 is 0. The minimum Gasteiger partial charge on any atom is -0.339 e. The number of benzene rings is 1. The van der Waals surface area contributed by atoms with Crippen LogP contribution in [0, 0.1) is 23.4 Å². The van der Waals surface area contributed by atoms with Crippen LogP contribution in [0.2, 0.25) is 0 Å². The first-order chi connectivity index (χ1) is 18.0. The molecule has 1 N–H and O–H groups in total. The molecule has 1 spiro atoms. The quantitative estimate of drug-likeness (QED) is 0.365. The third-order valence-corrected chi connectivity index (χ3v) is 8.38. The second-order valence-electron chi connectivity index (χ2n) is 10.3. The molecule has 4 atom stereocenters. The van der Waals surface area contributed by atoms with Gasteiger partial charge in [-0.15, -0.1) is 0 Å². The molecule has 2 saturated heterocycles. The van der Waals surface area contributed by atoms with Gasteiger partial charge in [0.05, 0.1) is 0 Å². The van der Waals surface area contributed by atoms with E-state index in [9.17, 15) is 32.3 Å². The first-order valence-corrected chi connectivity index (χ1v) is 12.5. The zero-order chi connectivity index (χ0) is 27.5. The van der Waals surface area contributed by atoms with Crippen LogP contribution in [0.15, 0.2) is 24.4 Å². The van der Waals surface area contributed by atoms with Crippen molar-refractivity contribution in [1.82, 2.24) is 20.1 Å². The lowest BCUT2D eigenvalue weighted by Crippen LogP contribution is -2.50. The third-order valence-electron chi connectivity index (χ3n) is 8.38. The lowest BCUT2D eigenvalue weighted by molar-refractivity contribution is -0.142. The van der Waals surface area contributed by atoms with Crippen LogP contribution in [0.4, 0.5) is 18.0 Å². The second kappa shape index (κ2) is 9.21. The van der Waals surface area contributed by atoms with Crippen molar-refractivity contribution in [2.75, 3.05) is 13.6 Å². The molecule has 0 bridgehead atoms. The Bertz CT molecular complexity index is 1380. The molecule has 5 rings (SSSR count). The van der Waals surface area contributed by atoms with Crippen molar-refractivity contribution in [2.24, 2.45) is 5.92 Å². The predicted molar refractivity (Wildman–Crippen MR) is 129 cm³/mol. The molecule has 0 unspecified atom stereocenters. The Labute approximate surface area is 217 Å². The fourth-order valence-corrected chi connectivity index (χ4v) is 6.15. The summed E-state index contributed by atoms with van der Waals surface area (Å²) in [6, 6.07) is 2.12. The van der Waals surface area contributed by atoms with Gasteiger partial charge in [-0.25, -0.2) is 18.0 Å². The molecule has 2 aliphatic heterocycles. The van der Waals surface area contributed by atoms with E-state index in [1.165, 1.54) is 23.0 Å². The highest BCUT2D eigenvalue weighted by molar-refractivity contribution is 6.07. The maximum absolute atomic E-state index is 14.7. The molecule has 1 aromatic carbocycles. The van der Waals surface area contributed by atoms with Gasteiger partial charge >= 0.3 is 6.03 Å². The number of nitrogens with zero attached hydrogens (tertiary/aromatic N) is 3. The zero-order valence-electron chi connectivity index (χ0n) is 21.2. The number of aromatic nitrogens is 1. The molecule has 3 heterocycles. The number of carbonyl (C=O) groups is 4. The lowest BCUT2D eigenvalue weighted by Gasteiger charge is -2.42. The summed E-state index contributed by atoms with van der Waals surface area (Å²) in [6.45, 7) is 3.65. The number of amides is 4. The predicted octanol–water partition coefficient (Wildman–Crippen LogP) is 3.13. The van der Waals surface area contributed by atoms with Crippen LogP contribution < -0.4 is 5.32 Å². The Morgan fingerprint density at radius 1 is 1.16 bits per heavy atom. The number of likely N-dealkylation sites (tertiary alicyclic amines) is 1. The van der Waals surface area contributed by atoms with Gasteiger partial charge in [0, 0.05) is 73.8 Å². The van der Waals surface area contributed by atoms with Crippen LogP contribution in [0.1, 0.15) is 59.8 Å². The van der Waals surface area contributed by atoms with E-state index >= 15 is 0 Å². The monoisotopic (exact) mass is 528 g/mol. The number of rotatable bonds is 5. The van der Waals surface area contributed by atoms with Gasteiger partial charge in [0.15, 0.2) is 17.4 Å². The van der Waals surface area contributed by atoms with E-state index < -0.39 is 58.4 Å². The van der Waals surface area contributed by atoms with Crippen LogP contribution in [0.25, 0.3) is 0 Å². The van der Waals surface area contributed by atoms with Crippen LogP contribution in [0.3, 0.4) is 0 Å². The number of ketones is 1. The fraction of sp³-hybridized carbons (Fsp3) is 0.444. The number of urea groups is 1. The van der Waals surface area contributed by atoms with Gasteiger partial charge in [-0.2, -0.15) is 0 Å². The van der Waals surface area contributed by atoms with E-state index in [2.05, 4.69) is 10.3 Å². The minimum atomic E-state index is -1.28. The van der Waals surface area contributed by atoms with Crippen molar-refractivity contribution in [3.8, 4) is 0 Å². The molecule has 2 aromatic rings. The number of carbonyl (C=O) groups excluding carboxylic acids is 4. The molecule has 3 aliphatic rings. The molecule has 2 fully saturated rings. The maximum atomic E-state index is 14.7. The number of halogens is 3. The van der Waals surface area contributed by atoms with E-state index in [1.54, 1.807) is 19.9 Å². The highest BCUT2D eigenvalue weighted by Crippen LogP contribution is 2.41. The number of hydrogen-bond acceptors (Lipinski definition) is 5. The molecule has 0 radical (unpaired) electrons. The van der Waals surface area contributed by atoms with Crippen LogP contribution in [0.5, 0.6) is 0 Å². The molecular formula is C27H27F3N4O4. The molecule has 11 heteroatoms. The van der Waals surface area contributed by atoms with Crippen LogP contribution >= 0.6 is 0 Å². The van der Waals surface area contributed by atoms with Gasteiger partial charge in [-0.1, -0.05) is 0 Å². The molecule has 38 heavy (non-hydrogen) atoms. The highest BCUT2D eigenvalue weighted by atomic mass is 19.2. The number of pyridine rings is 1. The van der Waals surface area contributed by atoms with E-state index in [-0.39, 0.29) is 49.5 Å². The van der Waals surface area contributed by atoms with E-state index in [4.69, 9.17) is 0 Å². The number of imide groups is 1. The lowest BCUT2D eigenvalue weighted by atomic mass is 9.76. The average molecular weight is 529 g/mol. The Kier molecular flexibility index (Phi) is 6.27. The highest BCUT2D eigenvalue weighted by Gasteiger charge is 2.55. The molecule has 4 amide bonds. The summed E-state index contributed by atoms with van der Waals surface area (Å²) in [5.41, 5.74) is 0.00163. The third kappa shape index (κ3) is 3.86. The molecule has 1 aromatic heterocycles. The van der Waals surface area contributed by atoms with Gasteiger partial charge in [0.1, 0.15) is 11.4 Å². The van der Waals surface area contributed by atoms with Gasteiger partial charge in [-0.05, 0) is 44.0 Å². The molecule has 200 valence electrons. The summed E-state index contributed by atoms with van der Waals surface area (Å²) in [6.07, 6.45) is 1.57. The summed E-state index contributed by atoms with van der Waals surface area (Å²) in [5, 5.41) is 2.31. The number of fused-ring (bicyclic) bond motifs is 1. The topological polar surface area (TPSA) is 99.7 Å².